The lowest BCUT2D eigenvalue weighted by atomic mass is 9.90. The van der Waals surface area contributed by atoms with Crippen LogP contribution in [0.15, 0.2) is 0 Å². The van der Waals surface area contributed by atoms with Crippen molar-refractivity contribution in [2.24, 2.45) is 11.8 Å². The Morgan fingerprint density at radius 1 is 0.500 bits per heavy atom. The van der Waals surface area contributed by atoms with Crippen LogP contribution in [0, 0.1) is 11.8 Å². The van der Waals surface area contributed by atoms with E-state index in [9.17, 15) is 0 Å². The molecule has 0 heterocycles. The summed E-state index contributed by atoms with van der Waals surface area (Å²) in [6, 6.07) is 0. The molecular formula is C20H36S2. The SMILES string of the molecule is CC1CCCC(SC2CCCC(SC3CCCC(C)C3)C2)C1. The molecule has 0 aromatic rings. The first-order chi connectivity index (χ1) is 10.7. The van der Waals surface area contributed by atoms with Crippen molar-refractivity contribution in [3.8, 4) is 0 Å². The van der Waals surface area contributed by atoms with E-state index in [4.69, 9.17) is 0 Å². The van der Waals surface area contributed by atoms with E-state index in [0.717, 1.165) is 32.8 Å². The van der Waals surface area contributed by atoms with Crippen LogP contribution in [0.4, 0.5) is 0 Å². The van der Waals surface area contributed by atoms with Crippen LogP contribution >= 0.6 is 23.5 Å². The number of hydrogen-bond donors (Lipinski definition) is 0. The van der Waals surface area contributed by atoms with E-state index in [1.54, 1.807) is 0 Å². The third-order valence-electron chi connectivity index (χ3n) is 6.12. The molecule has 0 bridgehead atoms. The van der Waals surface area contributed by atoms with Gasteiger partial charge in [-0.2, -0.15) is 23.5 Å². The molecule has 0 aromatic heterocycles. The minimum absolute atomic E-state index is 0.988. The van der Waals surface area contributed by atoms with Gasteiger partial charge in [0.2, 0.25) is 0 Å². The van der Waals surface area contributed by atoms with E-state index in [2.05, 4.69) is 37.4 Å². The van der Waals surface area contributed by atoms with Crippen molar-refractivity contribution >= 4 is 23.5 Å². The van der Waals surface area contributed by atoms with Crippen molar-refractivity contribution in [2.45, 2.75) is 112 Å². The molecule has 0 nitrogen and oxygen atoms in total. The second-order valence-electron chi connectivity index (χ2n) is 8.47. The molecule has 2 heteroatoms. The van der Waals surface area contributed by atoms with Gasteiger partial charge in [-0.25, -0.2) is 0 Å². The van der Waals surface area contributed by atoms with Gasteiger partial charge in [0.05, 0.1) is 0 Å². The molecule has 0 aromatic carbocycles. The van der Waals surface area contributed by atoms with Crippen LogP contribution in [0.25, 0.3) is 0 Å². The van der Waals surface area contributed by atoms with E-state index < -0.39 is 0 Å². The Kier molecular flexibility index (Phi) is 6.93. The molecule has 3 fully saturated rings. The molecule has 22 heavy (non-hydrogen) atoms. The van der Waals surface area contributed by atoms with Gasteiger partial charge in [-0.05, 0) is 56.8 Å². The largest absolute Gasteiger partial charge is 0.155 e. The van der Waals surface area contributed by atoms with E-state index in [1.807, 2.05) is 0 Å². The van der Waals surface area contributed by atoms with Crippen LogP contribution in [-0.4, -0.2) is 21.0 Å². The third-order valence-corrected chi connectivity index (χ3v) is 9.38. The monoisotopic (exact) mass is 340 g/mol. The summed E-state index contributed by atoms with van der Waals surface area (Å²) >= 11 is 4.80. The smallest absolute Gasteiger partial charge is 0.00603 e. The quantitative estimate of drug-likeness (QED) is 0.544. The van der Waals surface area contributed by atoms with Gasteiger partial charge in [0.25, 0.3) is 0 Å². The molecule has 3 aliphatic rings. The predicted octanol–water partition coefficient (Wildman–Crippen LogP) is 6.92. The average molecular weight is 341 g/mol. The van der Waals surface area contributed by atoms with Crippen molar-refractivity contribution in [1.29, 1.82) is 0 Å². The lowest BCUT2D eigenvalue weighted by molar-refractivity contribution is 0.390. The number of hydrogen-bond acceptors (Lipinski definition) is 2. The van der Waals surface area contributed by atoms with E-state index in [-0.39, 0.29) is 0 Å². The van der Waals surface area contributed by atoms with Crippen LogP contribution in [-0.2, 0) is 0 Å². The second kappa shape index (κ2) is 8.70. The maximum atomic E-state index is 2.47. The van der Waals surface area contributed by atoms with Gasteiger partial charge in [-0.3, -0.25) is 0 Å². The Hall–Kier alpha value is 0.700. The summed E-state index contributed by atoms with van der Waals surface area (Å²) in [5.41, 5.74) is 0. The first kappa shape index (κ1) is 17.5. The summed E-state index contributed by atoms with van der Waals surface area (Å²) in [5.74, 6) is 1.98. The lowest BCUT2D eigenvalue weighted by Gasteiger charge is -2.36. The van der Waals surface area contributed by atoms with Gasteiger partial charge < -0.3 is 0 Å². The van der Waals surface area contributed by atoms with Crippen LogP contribution in [0.1, 0.15) is 90.9 Å². The van der Waals surface area contributed by atoms with Crippen LogP contribution in [0.5, 0.6) is 0 Å². The highest BCUT2D eigenvalue weighted by Crippen LogP contribution is 2.43. The highest BCUT2D eigenvalue weighted by molar-refractivity contribution is 8.01. The Balaban J connectivity index is 1.42. The zero-order valence-corrected chi connectivity index (χ0v) is 16.4. The van der Waals surface area contributed by atoms with Crippen molar-refractivity contribution in [3.63, 3.8) is 0 Å². The Bertz CT molecular complexity index is 300. The van der Waals surface area contributed by atoms with Crippen molar-refractivity contribution < 1.29 is 0 Å². The second-order valence-corrected chi connectivity index (χ2v) is 11.7. The van der Waals surface area contributed by atoms with E-state index >= 15 is 0 Å². The van der Waals surface area contributed by atoms with Gasteiger partial charge in [0.1, 0.15) is 0 Å². The third kappa shape index (κ3) is 5.36. The summed E-state index contributed by atoms with van der Waals surface area (Å²) < 4.78 is 0. The molecule has 128 valence electrons. The fourth-order valence-corrected chi connectivity index (χ4v) is 8.89. The summed E-state index contributed by atoms with van der Waals surface area (Å²) in [5, 5.41) is 3.96. The molecule has 3 rings (SSSR count). The van der Waals surface area contributed by atoms with Gasteiger partial charge >= 0.3 is 0 Å². The Labute approximate surface area is 147 Å². The van der Waals surface area contributed by atoms with E-state index in [1.165, 1.54) is 77.0 Å². The molecule has 6 atom stereocenters. The predicted molar refractivity (Wildman–Crippen MR) is 104 cm³/mol. The summed E-state index contributed by atoms with van der Waals surface area (Å²) in [6.07, 6.45) is 18.0. The maximum absolute atomic E-state index is 2.47. The first-order valence-corrected chi connectivity index (χ1v) is 11.9. The molecular weight excluding hydrogens is 304 g/mol. The molecule has 0 radical (unpaired) electrons. The van der Waals surface area contributed by atoms with Gasteiger partial charge in [-0.15, -0.1) is 0 Å². The minimum atomic E-state index is 0.988. The fourth-order valence-electron chi connectivity index (χ4n) is 4.90. The zero-order chi connectivity index (χ0) is 15.4. The molecule has 0 aliphatic heterocycles. The first-order valence-electron chi connectivity index (χ1n) is 10.00. The number of rotatable bonds is 4. The molecule has 0 saturated heterocycles. The molecule has 0 N–H and O–H groups in total. The Morgan fingerprint density at radius 3 is 1.27 bits per heavy atom. The van der Waals surface area contributed by atoms with E-state index in [0.29, 0.717) is 0 Å². The zero-order valence-electron chi connectivity index (χ0n) is 14.8. The van der Waals surface area contributed by atoms with Gasteiger partial charge in [-0.1, -0.05) is 46.0 Å². The summed E-state index contributed by atoms with van der Waals surface area (Å²) in [4.78, 5) is 0. The standard InChI is InChI=1S/C20H36S2/c1-15-6-3-8-17(12-15)21-19-10-5-11-20(14-19)22-18-9-4-7-16(2)13-18/h15-20H,3-14H2,1-2H3. The fraction of sp³-hybridized carbons (Fsp3) is 1.00. The summed E-state index contributed by atoms with van der Waals surface area (Å²) in [7, 11) is 0. The van der Waals surface area contributed by atoms with Gasteiger partial charge in [0.15, 0.2) is 0 Å². The Morgan fingerprint density at radius 2 is 0.864 bits per heavy atom. The normalized spacial score (nSPS) is 43.9. The summed E-state index contributed by atoms with van der Waals surface area (Å²) in [6.45, 7) is 4.94. The van der Waals surface area contributed by atoms with Crippen LogP contribution in [0.3, 0.4) is 0 Å². The van der Waals surface area contributed by atoms with Crippen molar-refractivity contribution in [2.75, 3.05) is 0 Å². The molecule has 6 unspecified atom stereocenters. The highest BCUT2D eigenvalue weighted by Gasteiger charge is 2.30. The lowest BCUT2D eigenvalue weighted by Crippen LogP contribution is -2.26. The van der Waals surface area contributed by atoms with Crippen LogP contribution < -0.4 is 0 Å². The van der Waals surface area contributed by atoms with Crippen molar-refractivity contribution in [1.82, 2.24) is 0 Å². The topological polar surface area (TPSA) is 0 Å². The average Bonchev–Trinajstić information content (AvgIpc) is 2.47. The highest BCUT2D eigenvalue weighted by atomic mass is 32.2. The molecule has 0 amide bonds. The van der Waals surface area contributed by atoms with Crippen LogP contribution in [0.2, 0.25) is 0 Å². The molecule has 3 saturated carbocycles. The molecule has 0 spiro atoms. The van der Waals surface area contributed by atoms with Gasteiger partial charge in [0, 0.05) is 21.0 Å². The maximum Gasteiger partial charge on any atom is 0.00603 e. The van der Waals surface area contributed by atoms with Crippen molar-refractivity contribution in [3.05, 3.63) is 0 Å². The minimum Gasteiger partial charge on any atom is -0.155 e. The molecule has 3 aliphatic carbocycles. The number of thioether (sulfide) groups is 2.